The van der Waals surface area contributed by atoms with Gasteiger partial charge in [-0.1, -0.05) is 44.4 Å². The number of hydrogen-bond acceptors (Lipinski definition) is 2. The number of aliphatic imine (C=N–C) groups is 1. The average Bonchev–Trinajstić information content (AvgIpc) is 2.42. The number of nitrogens with zero attached hydrogens (tertiary/aromatic N) is 1. The highest BCUT2D eigenvalue weighted by Crippen LogP contribution is 2.29. The Morgan fingerprint density at radius 3 is 2.67 bits per heavy atom. The minimum absolute atomic E-state index is 0.348. The molecule has 0 aromatic heterocycles. The number of unbranched alkanes of at least 4 members (excludes halogenated alkanes) is 3. The van der Waals surface area contributed by atoms with Gasteiger partial charge in [0.15, 0.2) is 0 Å². The molecule has 0 aliphatic carbocycles. The van der Waals surface area contributed by atoms with Crippen LogP contribution in [0.15, 0.2) is 29.3 Å². The first-order chi connectivity index (χ1) is 9.93. The van der Waals surface area contributed by atoms with Gasteiger partial charge >= 0.3 is 6.18 Å². The first-order valence-corrected chi connectivity index (χ1v) is 7.35. The Morgan fingerprint density at radius 1 is 1.24 bits per heavy atom. The van der Waals surface area contributed by atoms with E-state index in [1.165, 1.54) is 18.9 Å². The fourth-order valence-corrected chi connectivity index (χ4v) is 2.04. The van der Waals surface area contributed by atoms with E-state index < -0.39 is 11.7 Å². The van der Waals surface area contributed by atoms with Crippen molar-refractivity contribution < 1.29 is 13.2 Å². The summed E-state index contributed by atoms with van der Waals surface area (Å²) >= 11 is 0. The van der Waals surface area contributed by atoms with Crippen LogP contribution < -0.4 is 5.73 Å². The fourth-order valence-electron chi connectivity index (χ4n) is 2.04. The van der Waals surface area contributed by atoms with Crippen LogP contribution in [0.25, 0.3) is 0 Å². The van der Waals surface area contributed by atoms with Gasteiger partial charge in [0.2, 0.25) is 0 Å². The van der Waals surface area contributed by atoms with Gasteiger partial charge in [-0.2, -0.15) is 13.2 Å². The molecule has 0 saturated carbocycles. The third kappa shape index (κ3) is 7.27. The summed E-state index contributed by atoms with van der Waals surface area (Å²) < 4.78 is 37.8. The largest absolute Gasteiger partial charge is 0.416 e. The van der Waals surface area contributed by atoms with Crippen molar-refractivity contribution in [2.45, 2.75) is 51.2 Å². The molecule has 5 heteroatoms. The second-order valence-electron chi connectivity index (χ2n) is 5.18. The maximum atomic E-state index is 12.6. The smallest absolute Gasteiger partial charge is 0.323 e. The van der Waals surface area contributed by atoms with Crippen molar-refractivity contribution in [3.8, 4) is 0 Å². The van der Waals surface area contributed by atoms with Crippen molar-refractivity contribution in [2.24, 2.45) is 10.7 Å². The second-order valence-corrected chi connectivity index (χ2v) is 5.18. The molecule has 0 heterocycles. The van der Waals surface area contributed by atoms with Crippen LogP contribution in [0.2, 0.25) is 0 Å². The third-order valence-corrected chi connectivity index (χ3v) is 3.16. The van der Waals surface area contributed by atoms with E-state index >= 15 is 0 Å². The Balaban J connectivity index is 2.44. The van der Waals surface area contributed by atoms with Gasteiger partial charge in [-0.3, -0.25) is 4.99 Å². The molecule has 0 aliphatic heterocycles. The summed E-state index contributed by atoms with van der Waals surface area (Å²) in [7, 11) is 0. The predicted molar refractivity (Wildman–Crippen MR) is 80.6 cm³/mol. The summed E-state index contributed by atoms with van der Waals surface area (Å²) in [5.74, 6) is 0. The third-order valence-electron chi connectivity index (χ3n) is 3.16. The fraction of sp³-hybridized carbons (Fsp3) is 0.562. The van der Waals surface area contributed by atoms with E-state index in [0.717, 1.165) is 31.5 Å². The zero-order valence-electron chi connectivity index (χ0n) is 12.4. The summed E-state index contributed by atoms with van der Waals surface area (Å²) in [6.45, 7) is 2.88. The van der Waals surface area contributed by atoms with Crippen LogP contribution in [0.4, 0.5) is 13.2 Å². The zero-order chi connectivity index (χ0) is 15.7. The molecule has 0 aliphatic rings. The molecule has 0 radical (unpaired) electrons. The highest BCUT2D eigenvalue weighted by atomic mass is 19.4. The minimum atomic E-state index is -4.31. The number of benzene rings is 1. The standard InChI is InChI=1S/C16H23F3N2/c1-2-3-4-5-9-21-12-15(20)11-13-7-6-8-14(10-13)16(17,18)19/h6-8,10,12,15H,2-5,9,11,20H2,1H3. The molecule has 1 atom stereocenters. The molecule has 2 nitrogen and oxygen atoms in total. The van der Waals surface area contributed by atoms with E-state index in [9.17, 15) is 13.2 Å². The molecule has 0 fully saturated rings. The second kappa shape index (κ2) is 8.82. The number of rotatable bonds is 8. The molecule has 1 aromatic carbocycles. The maximum absolute atomic E-state index is 12.6. The van der Waals surface area contributed by atoms with Crippen LogP contribution in [-0.4, -0.2) is 18.8 Å². The molecule has 1 rings (SSSR count). The molecule has 2 N–H and O–H groups in total. The Hall–Kier alpha value is -1.36. The summed E-state index contributed by atoms with van der Waals surface area (Å²) in [6, 6.07) is 4.93. The van der Waals surface area contributed by atoms with E-state index in [0.29, 0.717) is 12.0 Å². The normalized spacial score (nSPS) is 13.8. The molecule has 21 heavy (non-hydrogen) atoms. The van der Waals surface area contributed by atoms with Crippen LogP contribution in [-0.2, 0) is 12.6 Å². The number of nitrogens with two attached hydrogens (primary N) is 1. The van der Waals surface area contributed by atoms with Crippen LogP contribution in [0.1, 0.15) is 43.7 Å². The van der Waals surface area contributed by atoms with Crippen LogP contribution >= 0.6 is 0 Å². The Bertz CT molecular complexity index is 441. The summed E-state index contributed by atoms with van der Waals surface area (Å²) in [5.41, 5.74) is 5.82. The number of halogens is 3. The minimum Gasteiger partial charge on any atom is -0.323 e. The highest BCUT2D eigenvalue weighted by Gasteiger charge is 2.30. The SMILES string of the molecule is CCCCCCN=CC(N)Cc1cccc(C(F)(F)F)c1. The summed E-state index contributed by atoms with van der Waals surface area (Å²) in [5, 5.41) is 0. The number of hydrogen-bond donors (Lipinski definition) is 1. The first kappa shape index (κ1) is 17.7. The van der Waals surface area contributed by atoms with Crippen LogP contribution in [0, 0.1) is 0 Å². The maximum Gasteiger partial charge on any atom is 0.416 e. The van der Waals surface area contributed by atoms with E-state index in [1.807, 2.05) is 0 Å². The summed E-state index contributed by atoms with van der Waals surface area (Å²) in [4.78, 5) is 4.24. The quantitative estimate of drug-likeness (QED) is 0.566. The highest BCUT2D eigenvalue weighted by molar-refractivity contribution is 5.64. The van der Waals surface area contributed by atoms with Gasteiger partial charge in [0.25, 0.3) is 0 Å². The van der Waals surface area contributed by atoms with Gasteiger partial charge in [0.05, 0.1) is 5.56 Å². The van der Waals surface area contributed by atoms with Crippen molar-refractivity contribution in [3.63, 3.8) is 0 Å². The molecule has 0 bridgehead atoms. The van der Waals surface area contributed by atoms with Crippen LogP contribution in [0.5, 0.6) is 0 Å². The lowest BCUT2D eigenvalue weighted by molar-refractivity contribution is -0.137. The Morgan fingerprint density at radius 2 is 2.00 bits per heavy atom. The molecule has 118 valence electrons. The monoisotopic (exact) mass is 300 g/mol. The van der Waals surface area contributed by atoms with Crippen molar-refractivity contribution in [1.29, 1.82) is 0 Å². The van der Waals surface area contributed by atoms with Crippen molar-refractivity contribution in [1.82, 2.24) is 0 Å². The molecule has 0 saturated heterocycles. The average molecular weight is 300 g/mol. The molecule has 0 amide bonds. The molecule has 1 aromatic rings. The van der Waals surface area contributed by atoms with Gasteiger partial charge in [-0.15, -0.1) is 0 Å². The van der Waals surface area contributed by atoms with E-state index in [1.54, 1.807) is 12.3 Å². The van der Waals surface area contributed by atoms with Crippen molar-refractivity contribution in [3.05, 3.63) is 35.4 Å². The Labute approximate surface area is 124 Å². The van der Waals surface area contributed by atoms with Gasteiger partial charge < -0.3 is 5.73 Å². The lowest BCUT2D eigenvalue weighted by Gasteiger charge is -2.10. The van der Waals surface area contributed by atoms with Crippen LogP contribution in [0.3, 0.4) is 0 Å². The molecule has 0 spiro atoms. The van der Waals surface area contributed by atoms with Crippen molar-refractivity contribution in [2.75, 3.05) is 6.54 Å². The zero-order valence-corrected chi connectivity index (χ0v) is 12.4. The van der Waals surface area contributed by atoms with Gasteiger partial charge in [-0.25, -0.2) is 0 Å². The molecular weight excluding hydrogens is 277 g/mol. The summed E-state index contributed by atoms with van der Waals surface area (Å²) in [6.07, 6.45) is 2.25. The first-order valence-electron chi connectivity index (χ1n) is 7.35. The van der Waals surface area contributed by atoms with Gasteiger partial charge in [0, 0.05) is 18.8 Å². The topological polar surface area (TPSA) is 38.4 Å². The van der Waals surface area contributed by atoms with E-state index in [2.05, 4.69) is 11.9 Å². The Kier molecular flexibility index (Phi) is 7.43. The molecular formula is C16H23F3N2. The number of alkyl halides is 3. The van der Waals surface area contributed by atoms with E-state index in [4.69, 9.17) is 5.73 Å². The van der Waals surface area contributed by atoms with Crippen molar-refractivity contribution >= 4 is 6.21 Å². The van der Waals surface area contributed by atoms with Gasteiger partial charge in [0.1, 0.15) is 0 Å². The predicted octanol–water partition coefficient (Wildman–Crippen LogP) is 4.23. The van der Waals surface area contributed by atoms with Gasteiger partial charge in [-0.05, 0) is 24.5 Å². The molecule has 1 unspecified atom stereocenters. The van der Waals surface area contributed by atoms with E-state index in [-0.39, 0.29) is 6.04 Å². The lowest BCUT2D eigenvalue weighted by Crippen LogP contribution is -2.24. The lowest BCUT2D eigenvalue weighted by atomic mass is 10.0.